The molecule has 0 aliphatic rings. The van der Waals surface area contributed by atoms with Gasteiger partial charge in [0.1, 0.15) is 5.82 Å². The average Bonchev–Trinajstić information content (AvgIpc) is 2.22. The van der Waals surface area contributed by atoms with Crippen LogP contribution in [-0.4, -0.2) is 21.9 Å². The van der Waals surface area contributed by atoms with Gasteiger partial charge in [0.05, 0.1) is 11.7 Å². The number of halogens is 2. The quantitative estimate of drug-likeness (QED) is 0.895. The third kappa shape index (κ3) is 3.27. The summed E-state index contributed by atoms with van der Waals surface area (Å²) in [7, 11) is 0. The van der Waals surface area contributed by atoms with Crippen molar-refractivity contribution in [2.24, 2.45) is 0 Å². The molecule has 16 heavy (non-hydrogen) atoms. The smallest absolute Gasteiger partial charge is 0.124 e. The van der Waals surface area contributed by atoms with E-state index in [1.807, 2.05) is 6.92 Å². The molecule has 2 unspecified atom stereocenters. The molecular weight excluding hydrogens is 275 g/mol. The molecule has 0 fully saturated rings. The fraction of sp³-hybridized carbons (Fsp3) is 0.500. The summed E-state index contributed by atoms with van der Waals surface area (Å²) in [5, 5.41) is 19.7. The molecule has 90 valence electrons. The third-order valence-electron chi connectivity index (χ3n) is 2.86. The van der Waals surface area contributed by atoms with Crippen LogP contribution in [0.25, 0.3) is 0 Å². The summed E-state index contributed by atoms with van der Waals surface area (Å²) in [6.07, 6.45) is -0.103. The minimum atomic E-state index is -1.12. The fourth-order valence-corrected chi connectivity index (χ4v) is 1.86. The zero-order chi connectivity index (χ0) is 12.3. The van der Waals surface area contributed by atoms with Gasteiger partial charge in [0, 0.05) is 10.9 Å². The largest absolute Gasteiger partial charge is 0.390 e. The highest BCUT2D eigenvalue weighted by atomic mass is 79.9. The van der Waals surface area contributed by atoms with Crippen LogP contribution in [0.1, 0.15) is 25.8 Å². The predicted molar refractivity (Wildman–Crippen MR) is 64.7 cm³/mol. The SMILES string of the molecule is CCC(C)(O)C(O)Cc1ccc(F)cc1Br. The van der Waals surface area contributed by atoms with E-state index >= 15 is 0 Å². The molecule has 1 rings (SSSR count). The first-order chi connectivity index (χ1) is 7.36. The van der Waals surface area contributed by atoms with Crippen molar-refractivity contribution >= 4 is 15.9 Å². The van der Waals surface area contributed by atoms with Crippen LogP contribution in [0.4, 0.5) is 4.39 Å². The van der Waals surface area contributed by atoms with E-state index < -0.39 is 11.7 Å². The second-order valence-corrected chi connectivity index (χ2v) is 5.02. The summed E-state index contributed by atoms with van der Waals surface area (Å²) in [6, 6.07) is 4.30. The normalized spacial score (nSPS) is 16.9. The molecule has 2 nitrogen and oxygen atoms in total. The van der Waals surface area contributed by atoms with Crippen molar-refractivity contribution in [3.05, 3.63) is 34.1 Å². The molecule has 2 atom stereocenters. The Morgan fingerprint density at radius 2 is 2.12 bits per heavy atom. The highest BCUT2D eigenvalue weighted by Gasteiger charge is 2.28. The Labute approximate surface area is 103 Å². The topological polar surface area (TPSA) is 40.5 Å². The van der Waals surface area contributed by atoms with Crippen LogP contribution < -0.4 is 0 Å². The van der Waals surface area contributed by atoms with E-state index in [0.29, 0.717) is 17.3 Å². The summed E-state index contributed by atoms with van der Waals surface area (Å²) < 4.78 is 13.5. The molecule has 0 aliphatic heterocycles. The summed E-state index contributed by atoms with van der Waals surface area (Å²) in [6.45, 7) is 3.40. The Morgan fingerprint density at radius 3 is 2.62 bits per heavy atom. The lowest BCUT2D eigenvalue weighted by molar-refractivity contribution is -0.0630. The number of rotatable bonds is 4. The first-order valence-electron chi connectivity index (χ1n) is 5.21. The van der Waals surface area contributed by atoms with Gasteiger partial charge in [0.25, 0.3) is 0 Å². The zero-order valence-corrected chi connectivity index (χ0v) is 11.0. The molecule has 0 aliphatic carbocycles. The molecule has 0 amide bonds. The van der Waals surface area contributed by atoms with Crippen molar-refractivity contribution < 1.29 is 14.6 Å². The summed E-state index contributed by atoms with van der Waals surface area (Å²) in [5.41, 5.74) is -0.337. The first-order valence-corrected chi connectivity index (χ1v) is 6.00. The molecule has 4 heteroatoms. The Bertz CT molecular complexity index is 366. The van der Waals surface area contributed by atoms with Gasteiger partial charge in [0.2, 0.25) is 0 Å². The van der Waals surface area contributed by atoms with Crippen molar-refractivity contribution in [2.45, 2.75) is 38.4 Å². The first kappa shape index (κ1) is 13.6. The third-order valence-corrected chi connectivity index (χ3v) is 3.60. The fourth-order valence-electron chi connectivity index (χ4n) is 1.35. The van der Waals surface area contributed by atoms with E-state index in [-0.39, 0.29) is 5.82 Å². The lowest BCUT2D eigenvalue weighted by atomic mass is 9.91. The van der Waals surface area contributed by atoms with E-state index in [1.165, 1.54) is 12.1 Å². The Morgan fingerprint density at radius 1 is 1.50 bits per heavy atom. The highest BCUT2D eigenvalue weighted by Crippen LogP contribution is 2.23. The monoisotopic (exact) mass is 290 g/mol. The molecule has 0 saturated carbocycles. The standard InChI is InChI=1S/C12H16BrFO2/c1-3-12(2,16)11(15)6-8-4-5-9(14)7-10(8)13/h4-5,7,11,15-16H,3,6H2,1-2H3. The Balaban J connectivity index is 2.81. The van der Waals surface area contributed by atoms with Crippen molar-refractivity contribution in [2.75, 3.05) is 0 Å². The lowest BCUT2D eigenvalue weighted by Crippen LogP contribution is -2.40. The second-order valence-electron chi connectivity index (χ2n) is 4.17. The molecular formula is C12H16BrFO2. The van der Waals surface area contributed by atoms with Crippen molar-refractivity contribution in [3.8, 4) is 0 Å². The summed E-state index contributed by atoms with van der Waals surface area (Å²) >= 11 is 3.23. The molecule has 2 N–H and O–H groups in total. The molecule has 0 saturated heterocycles. The van der Waals surface area contributed by atoms with Crippen LogP contribution in [0.3, 0.4) is 0 Å². The van der Waals surface area contributed by atoms with E-state index in [2.05, 4.69) is 15.9 Å². The van der Waals surface area contributed by atoms with Crippen LogP contribution >= 0.6 is 15.9 Å². The van der Waals surface area contributed by atoms with Crippen LogP contribution in [0.15, 0.2) is 22.7 Å². The van der Waals surface area contributed by atoms with Gasteiger partial charge in [-0.2, -0.15) is 0 Å². The van der Waals surface area contributed by atoms with E-state index in [9.17, 15) is 14.6 Å². The van der Waals surface area contributed by atoms with E-state index in [0.717, 1.165) is 5.56 Å². The van der Waals surface area contributed by atoms with Crippen molar-refractivity contribution in [3.63, 3.8) is 0 Å². The molecule has 0 bridgehead atoms. The molecule has 0 spiro atoms. The van der Waals surface area contributed by atoms with Gasteiger partial charge in [-0.25, -0.2) is 4.39 Å². The molecule has 0 radical (unpaired) electrons. The zero-order valence-electron chi connectivity index (χ0n) is 9.37. The van der Waals surface area contributed by atoms with Crippen molar-refractivity contribution in [1.82, 2.24) is 0 Å². The number of hydrogen-bond acceptors (Lipinski definition) is 2. The maximum Gasteiger partial charge on any atom is 0.124 e. The Kier molecular flexibility index (Phi) is 4.47. The summed E-state index contributed by atoms with van der Waals surface area (Å²) in [5.74, 6) is -0.327. The highest BCUT2D eigenvalue weighted by molar-refractivity contribution is 9.10. The van der Waals surface area contributed by atoms with Crippen LogP contribution in [0.5, 0.6) is 0 Å². The molecule has 1 aromatic rings. The molecule has 1 aromatic carbocycles. The van der Waals surface area contributed by atoms with Crippen LogP contribution in [0.2, 0.25) is 0 Å². The number of aliphatic hydroxyl groups excluding tert-OH is 1. The Hall–Kier alpha value is -0.450. The van der Waals surface area contributed by atoms with Gasteiger partial charge in [-0.15, -0.1) is 0 Å². The van der Waals surface area contributed by atoms with Crippen LogP contribution in [0, 0.1) is 5.82 Å². The maximum atomic E-state index is 12.8. The lowest BCUT2D eigenvalue weighted by Gasteiger charge is -2.28. The van der Waals surface area contributed by atoms with E-state index in [1.54, 1.807) is 13.0 Å². The van der Waals surface area contributed by atoms with Gasteiger partial charge in [-0.1, -0.05) is 28.9 Å². The minimum absolute atomic E-state index is 0.293. The van der Waals surface area contributed by atoms with Crippen LogP contribution in [-0.2, 0) is 6.42 Å². The summed E-state index contributed by atoms with van der Waals surface area (Å²) in [4.78, 5) is 0. The molecule has 0 aromatic heterocycles. The van der Waals surface area contributed by atoms with Gasteiger partial charge in [-0.3, -0.25) is 0 Å². The van der Waals surface area contributed by atoms with Gasteiger partial charge >= 0.3 is 0 Å². The van der Waals surface area contributed by atoms with Gasteiger partial charge < -0.3 is 10.2 Å². The second kappa shape index (κ2) is 5.25. The maximum absolute atomic E-state index is 12.8. The van der Waals surface area contributed by atoms with Gasteiger partial charge in [0.15, 0.2) is 0 Å². The number of hydrogen-bond donors (Lipinski definition) is 2. The average molecular weight is 291 g/mol. The number of aliphatic hydroxyl groups is 2. The van der Waals surface area contributed by atoms with Gasteiger partial charge in [-0.05, 0) is 31.0 Å². The van der Waals surface area contributed by atoms with Crippen molar-refractivity contribution in [1.29, 1.82) is 0 Å². The molecule has 0 heterocycles. The number of benzene rings is 1. The minimum Gasteiger partial charge on any atom is -0.390 e. The predicted octanol–water partition coefficient (Wildman–Crippen LogP) is 2.65. The van der Waals surface area contributed by atoms with E-state index in [4.69, 9.17) is 0 Å².